The van der Waals surface area contributed by atoms with Crippen LogP contribution in [0.25, 0.3) is 0 Å². The van der Waals surface area contributed by atoms with Crippen molar-refractivity contribution in [2.45, 2.75) is 4.90 Å². The summed E-state index contributed by atoms with van der Waals surface area (Å²) in [5.74, 6) is 0. The molecule has 98 valence electrons. The zero-order valence-corrected chi connectivity index (χ0v) is 10.5. The van der Waals surface area contributed by atoms with Gasteiger partial charge in [-0.15, -0.1) is 0 Å². The number of hydrogen-bond donors (Lipinski definition) is 0. The van der Waals surface area contributed by atoms with Crippen LogP contribution in [0.2, 0.25) is 0 Å². The second-order valence-corrected chi connectivity index (χ2v) is 5.50. The highest BCUT2D eigenvalue weighted by Crippen LogP contribution is 2.22. The van der Waals surface area contributed by atoms with Gasteiger partial charge in [-0.3, -0.25) is 10.1 Å². The van der Waals surface area contributed by atoms with E-state index in [-0.39, 0.29) is 10.6 Å². The second-order valence-electron chi connectivity index (χ2n) is 3.66. The van der Waals surface area contributed by atoms with Crippen LogP contribution in [0, 0.1) is 10.1 Å². The topological polar surface area (TPSA) is 80.5 Å². The monoisotopic (exact) mass is 278 g/mol. The quantitative estimate of drug-likeness (QED) is 0.627. The van der Waals surface area contributed by atoms with Crippen LogP contribution in [0.1, 0.15) is 0 Å². The molecule has 1 aromatic carbocycles. The van der Waals surface area contributed by atoms with Gasteiger partial charge in [-0.2, -0.15) is 0 Å². The van der Waals surface area contributed by atoms with Crippen LogP contribution in [0.15, 0.2) is 65.9 Å². The van der Waals surface area contributed by atoms with Gasteiger partial charge in [0.2, 0.25) is 0 Å². The molecule has 0 saturated carbocycles. The Balaban J connectivity index is 2.45. The van der Waals surface area contributed by atoms with E-state index in [1.54, 1.807) is 24.3 Å². The second kappa shape index (κ2) is 5.07. The number of nitro benzene ring substituents is 1. The van der Waals surface area contributed by atoms with E-state index in [1.807, 2.05) is 0 Å². The van der Waals surface area contributed by atoms with E-state index in [4.69, 9.17) is 0 Å². The first-order chi connectivity index (χ1) is 9.01. The summed E-state index contributed by atoms with van der Waals surface area (Å²) in [6.07, 6.45) is 9.23. The molecule has 0 aromatic heterocycles. The molecule has 19 heavy (non-hydrogen) atoms. The Kier molecular flexibility index (Phi) is 3.48. The molecule has 0 N–H and O–H groups in total. The smallest absolute Gasteiger partial charge is 0.258 e. The Morgan fingerprint density at radius 3 is 2.26 bits per heavy atom. The Morgan fingerprint density at radius 2 is 1.68 bits per heavy atom. The summed E-state index contributed by atoms with van der Waals surface area (Å²) in [6.45, 7) is 0. The van der Waals surface area contributed by atoms with Crippen molar-refractivity contribution in [3.05, 3.63) is 71.1 Å². The molecule has 0 amide bonds. The van der Waals surface area contributed by atoms with Crippen LogP contribution in [0.4, 0.5) is 5.69 Å². The Morgan fingerprint density at radius 1 is 1.05 bits per heavy atom. The maximum Gasteiger partial charge on any atom is 0.270 e. The largest absolute Gasteiger partial charge is 0.270 e. The van der Waals surface area contributed by atoms with Crippen molar-refractivity contribution in [3.8, 4) is 0 Å². The van der Waals surface area contributed by atoms with E-state index in [9.17, 15) is 18.5 Å². The summed E-state index contributed by atoms with van der Waals surface area (Å²) in [4.78, 5) is 9.91. The zero-order valence-electron chi connectivity index (χ0n) is 9.71. The molecule has 0 fully saturated rings. The number of allylic oxidation sites excluding steroid dienone is 4. The minimum absolute atomic E-state index is 0.127. The molecule has 0 radical (unpaired) electrons. The highest BCUT2D eigenvalue weighted by atomic mass is 32.2. The highest BCUT2D eigenvalue weighted by Gasteiger charge is 2.22. The van der Waals surface area contributed by atoms with Gasteiger partial charge in [-0.25, -0.2) is 12.7 Å². The van der Waals surface area contributed by atoms with Gasteiger partial charge >= 0.3 is 0 Å². The van der Waals surface area contributed by atoms with Crippen molar-refractivity contribution in [2.24, 2.45) is 0 Å². The third-order valence-electron chi connectivity index (χ3n) is 2.40. The van der Waals surface area contributed by atoms with Crippen LogP contribution in [-0.2, 0) is 10.0 Å². The van der Waals surface area contributed by atoms with Gasteiger partial charge in [-0.1, -0.05) is 18.2 Å². The number of sulfonamides is 1. The normalized spacial score (nSPS) is 14.4. The standard InChI is InChI=1S/C12H10N2O4S/c15-14(16)11-6-5-7-12(10-11)19(17,18)13-8-3-1-2-4-9-13/h1-10H. The van der Waals surface area contributed by atoms with Crippen molar-refractivity contribution in [3.63, 3.8) is 0 Å². The lowest BCUT2D eigenvalue weighted by atomic mass is 10.3. The summed E-state index contributed by atoms with van der Waals surface area (Å²) in [7, 11) is -3.83. The molecule has 1 aromatic rings. The van der Waals surface area contributed by atoms with Gasteiger partial charge in [0.1, 0.15) is 0 Å². The van der Waals surface area contributed by atoms with Crippen LogP contribution >= 0.6 is 0 Å². The van der Waals surface area contributed by atoms with E-state index in [0.717, 1.165) is 10.4 Å². The molecule has 7 heteroatoms. The maximum absolute atomic E-state index is 12.3. The molecule has 0 atom stereocenters. The van der Waals surface area contributed by atoms with Crippen molar-refractivity contribution < 1.29 is 13.3 Å². The lowest BCUT2D eigenvalue weighted by Crippen LogP contribution is -2.20. The average molecular weight is 278 g/mol. The number of nitrogens with zero attached hydrogens (tertiary/aromatic N) is 2. The first-order valence-electron chi connectivity index (χ1n) is 5.31. The molecule has 0 unspecified atom stereocenters. The van der Waals surface area contributed by atoms with Crippen LogP contribution in [0.3, 0.4) is 0 Å². The minimum atomic E-state index is -3.83. The van der Waals surface area contributed by atoms with Crippen molar-refractivity contribution in [2.75, 3.05) is 0 Å². The number of nitro groups is 1. The molecule has 0 bridgehead atoms. The van der Waals surface area contributed by atoms with Crippen LogP contribution < -0.4 is 0 Å². The molecule has 1 aliphatic heterocycles. The van der Waals surface area contributed by atoms with Crippen molar-refractivity contribution in [1.29, 1.82) is 0 Å². The Hall–Kier alpha value is -2.41. The number of rotatable bonds is 3. The van der Waals surface area contributed by atoms with Gasteiger partial charge in [0, 0.05) is 24.5 Å². The molecule has 0 aliphatic carbocycles. The Bertz CT molecular complexity index is 673. The molecule has 0 saturated heterocycles. The van der Waals surface area contributed by atoms with E-state index < -0.39 is 14.9 Å². The molecular weight excluding hydrogens is 268 g/mol. The van der Waals surface area contributed by atoms with Gasteiger partial charge in [0.25, 0.3) is 15.7 Å². The van der Waals surface area contributed by atoms with E-state index in [2.05, 4.69) is 0 Å². The fourth-order valence-electron chi connectivity index (χ4n) is 1.49. The van der Waals surface area contributed by atoms with Gasteiger partial charge in [-0.05, 0) is 18.2 Å². The van der Waals surface area contributed by atoms with Crippen molar-refractivity contribution in [1.82, 2.24) is 4.31 Å². The van der Waals surface area contributed by atoms with Gasteiger partial charge in [0.05, 0.1) is 9.82 Å². The lowest BCUT2D eigenvalue weighted by Gasteiger charge is -2.15. The minimum Gasteiger partial charge on any atom is -0.258 e. The number of non-ortho nitro benzene ring substituents is 1. The highest BCUT2D eigenvalue weighted by molar-refractivity contribution is 7.89. The zero-order chi connectivity index (χ0) is 13.9. The Labute approximate surface area is 110 Å². The van der Waals surface area contributed by atoms with Gasteiger partial charge in [0.15, 0.2) is 0 Å². The van der Waals surface area contributed by atoms with Crippen molar-refractivity contribution >= 4 is 15.7 Å². The third kappa shape index (κ3) is 2.71. The predicted octanol–water partition coefficient (Wildman–Crippen LogP) is 2.18. The summed E-state index contributed by atoms with van der Waals surface area (Å²) < 4.78 is 25.6. The van der Waals surface area contributed by atoms with E-state index in [1.165, 1.54) is 30.6 Å². The van der Waals surface area contributed by atoms with Crippen LogP contribution in [-0.4, -0.2) is 17.6 Å². The third-order valence-corrected chi connectivity index (χ3v) is 4.05. The fourth-order valence-corrected chi connectivity index (χ4v) is 2.71. The first kappa shape index (κ1) is 13.0. The van der Waals surface area contributed by atoms with E-state index >= 15 is 0 Å². The molecule has 6 nitrogen and oxygen atoms in total. The summed E-state index contributed by atoms with van der Waals surface area (Å²) >= 11 is 0. The predicted molar refractivity (Wildman–Crippen MR) is 69.5 cm³/mol. The molecule has 1 aliphatic rings. The molecule has 0 spiro atoms. The maximum atomic E-state index is 12.3. The number of hydrogen-bond acceptors (Lipinski definition) is 4. The van der Waals surface area contributed by atoms with E-state index in [0.29, 0.717) is 0 Å². The molecule has 2 rings (SSSR count). The van der Waals surface area contributed by atoms with Crippen LogP contribution in [0.5, 0.6) is 0 Å². The molecule has 1 heterocycles. The number of benzene rings is 1. The SMILES string of the molecule is O=[N+]([O-])c1cccc(S(=O)(=O)N2C=CC=CC=C2)c1. The lowest BCUT2D eigenvalue weighted by molar-refractivity contribution is -0.385. The molecular formula is C12H10N2O4S. The average Bonchev–Trinajstić information content (AvgIpc) is 2.68. The summed E-state index contributed by atoms with van der Waals surface area (Å²) in [5.41, 5.74) is -0.262. The summed E-state index contributed by atoms with van der Waals surface area (Å²) in [5, 5.41) is 10.7. The fraction of sp³-hybridized carbons (Fsp3) is 0. The van der Waals surface area contributed by atoms with Gasteiger partial charge < -0.3 is 0 Å². The first-order valence-corrected chi connectivity index (χ1v) is 6.75. The summed E-state index contributed by atoms with van der Waals surface area (Å²) in [6, 6.07) is 4.95.